The molecule has 1 fully saturated rings. The number of benzene rings is 1. The average molecular weight is 346 g/mol. The van der Waals surface area contributed by atoms with E-state index in [9.17, 15) is 4.79 Å². The molecule has 1 atom stereocenters. The van der Waals surface area contributed by atoms with Crippen LogP contribution in [0, 0.1) is 0 Å². The highest BCUT2D eigenvalue weighted by atomic mass is 32.1. The molecule has 1 N–H and O–H groups in total. The Labute approximate surface area is 146 Å². The van der Waals surface area contributed by atoms with Gasteiger partial charge in [0.25, 0.3) is 0 Å². The van der Waals surface area contributed by atoms with Crippen molar-refractivity contribution in [1.82, 2.24) is 10.2 Å². The maximum absolute atomic E-state index is 12.2. The summed E-state index contributed by atoms with van der Waals surface area (Å²) in [5.74, 6) is 0. The number of carbonyl (C=O) groups is 1. The van der Waals surface area contributed by atoms with Gasteiger partial charge in [0.15, 0.2) is 0 Å². The number of nitrogens with one attached hydrogen (secondary N) is 1. The Bertz CT molecular complexity index is 618. The number of morpholine rings is 1. The summed E-state index contributed by atoms with van der Waals surface area (Å²) in [7, 11) is 0. The molecule has 1 aromatic heterocycles. The average Bonchev–Trinajstić information content (AvgIpc) is 3.14. The van der Waals surface area contributed by atoms with Gasteiger partial charge in [0.05, 0.1) is 19.3 Å². The number of nitrogens with zero attached hydrogens (tertiary/aromatic N) is 1. The van der Waals surface area contributed by atoms with Crippen molar-refractivity contribution >= 4 is 17.4 Å². The molecular weight excluding hydrogens is 324 g/mol. The van der Waals surface area contributed by atoms with Crippen LogP contribution in [0.25, 0.3) is 0 Å². The van der Waals surface area contributed by atoms with E-state index < -0.39 is 0 Å². The number of carbonyl (C=O) groups excluding carboxylic acids is 1. The maximum Gasteiger partial charge on any atom is 0.410 e. The standard InChI is InChI=1S/C18H22N2O3S/c21-18(23-14-15-5-2-1-3-6-15)20-8-9-22-16(13-20)11-19-12-17-7-4-10-24-17/h1-7,10,16,19H,8-9,11-14H2. The molecule has 1 saturated heterocycles. The van der Waals surface area contributed by atoms with Crippen molar-refractivity contribution in [2.75, 3.05) is 26.2 Å². The maximum atomic E-state index is 12.2. The monoisotopic (exact) mass is 346 g/mol. The van der Waals surface area contributed by atoms with E-state index in [2.05, 4.69) is 16.8 Å². The first-order valence-corrected chi connectivity index (χ1v) is 8.99. The smallest absolute Gasteiger partial charge is 0.410 e. The van der Waals surface area contributed by atoms with Gasteiger partial charge in [0, 0.05) is 24.5 Å². The highest BCUT2D eigenvalue weighted by molar-refractivity contribution is 7.09. The summed E-state index contributed by atoms with van der Waals surface area (Å²) >= 11 is 1.73. The zero-order chi connectivity index (χ0) is 16.6. The lowest BCUT2D eigenvalue weighted by Crippen LogP contribution is -2.49. The number of thiophene rings is 1. The molecule has 1 aliphatic rings. The summed E-state index contributed by atoms with van der Waals surface area (Å²) in [5, 5.41) is 5.45. The van der Waals surface area contributed by atoms with Crippen LogP contribution < -0.4 is 5.32 Å². The molecular formula is C18H22N2O3S. The van der Waals surface area contributed by atoms with E-state index in [4.69, 9.17) is 9.47 Å². The van der Waals surface area contributed by atoms with Crippen LogP contribution in [0.5, 0.6) is 0 Å². The Morgan fingerprint density at radius 2 is 2.17 bits per heavy atom. The third-order valence-electron chi connectivity index (χ3n) is 3.85. The van der Waals surface area contributed by atoms with Crippen molar-refractivity contribution in [2.45, 2.75) is 19.3 Å². The zero-order valence-electron chi connectivity index (χ0n) is 13.5. The summed E-state index contributed by atoms with van der Waals surface area (Å²) in [6.07, 6.45) is -0.270. The van der Waals surface area contributed by atoms with Crippen LogP contribution in [-0.2, 0) is 22.6 Å². The quantitative estimate of drug-likeness (QED) is 0.874. The molecule has 1 aromatic carbocycles. The molecule has 24 heavy (non-hydrogen) atoms. The Morgan fingerprint density at radius 1 is 1.29 bits per heavy atom. The van der Waals surface area contributed by atoms with Gasteiger partial charge in [-0.05, 0) is 17.0 Å². The molecule has 0 radical (unpaired) electrons. The predicted octanol–water partition coefficient (Wildman–Crippen LogP) is 2.88. The Kier molecular flexibility index (Phi) is 6.23. The minimum atomic E-state index is -0.273. The van der Waals surface area contributed by atoms with Gasteiger partial charge in [0.1, 0.15) is 6.61 Å². The lowest BCUT2D eigenvalue weighted by atomic mass is 10.2. The minimum absolute atomic E-state index is 0.00277. The largest absolute Gasteiger partial charge is 0.445 e. The summed E-state index contributed by atoms with van der Waals surface area (Å²) in [6.45, 7) is 3.54. The third-order valence-corrected chi connectivity index (χ3v) is 4.73. The van der Waals surface area contributed by atoms with Gasteiger partial charge in [-0.25, -0.2) is 4.79 Å². The summed E-state index contributed by atoms with van der Waals surface area (Å²) in [6, 6.07) is 13.9. The van der Waals surface area contributed by atoms with Crippen LogP contribution in [0.15, 0.2) is 47.8 Å². The van der Waals surface area contributed by atoms with E-state index in [1.165, 1.54) is 4.88 Å². The van der Waals surface area contributed by atoms with Crippen LogP contribution >= 0.6 is 11.3 Å². The highest BCUT2D eigenvalue weighted by Crippen LogP contribution is 2.10. The highest BCUT2D eigenvalue weighted by Gasteiger charge is 2.25. The molecule has 128 valence electrons. The van der Waals surface area contributed by atoms with Gasteiger partial charge in [-0.2, -0.15) is 0 Å². The Hall–Kier alpha value is -1.89. The molecule has 1 unspecified atom stereocenters. The molecule has 0 spiro atoms. The van der Waals surface area contributed by atoms with Gasteiger partial charge in [-0.15, -0.1) is 11.3 Å². The molecule has 0 bridgehead atoms. The van der Waals surface area contributed by atoms with E-state index in [1.807, 2.05) is 36.4 Å². The fourth-order valence-corrected chi connectivity index (χ4v) is 3.26. The lowest BCUT2D eigenvalue weighted by molar-refractivity contribution is -0.0271. The number of ether oxygens (including phenoxy) is 2. The lowest BCUT2D eigenvalue weighted by Gasteiger charge is -2.32. The van der Waals surface area contributed by atoms with Crippen molar-refractivity contribution in [2.24, 2.45) is 0 Å². The molecule has 5 nitrogen and oxygen atoms in total. The van der Waals surface area contributed by atoms with E-state index >= 15 is 0 Å². The summed E-state index contributed by atoms with van der Waals surface area (Å²) in [5.41, 5.74) is 0.994. The van der Waals surface area contributed by atoms with Crippen molar-refractivity contribution < 1.29 is 14.3 Å². The van der Waals surface area contributed by atoms with Crippen LogP contribution in [0.2, 0.25) is 0 Å². The number of hydrogen-bond acceptors (Lipinski definition) is 5. The minimum Gasteiger partial charge on any atom is -0.445 e. The molecule has 2 aromatic rings. The molecule has 1 aliphatic heterocycles. The second kappa shape index (κ2) is 8.82. The fourth-order valence-electron chi connectivity index (χ4n) is 2.59. The van der Waals surface area contributed by atoms with Gasteiger partial charge < -0.3 is 19.7 Å². The van der Waals surface area contributed by atoms with E-state index in [-0.39, 0.29) is 12.2 Å². The normalized spacial score (nSPS) is 17.7. The summed E-state index contributed by atoms with van der Waals surface area (Å²) in [4.78, 5) is 15.2. The molecule has 2 heterocycles. The number of amides is 1. The van der Waals surface area contributed by atoms with E-state index in [0.717, 1.165) is 18.7 Å². The SMILES string of the molecule is O=C(OCc1ccccc1)N1CCOC(CNCc2cccs2)C1. The first kappa shape index (κ1) is 17.0. The Morgan fingerprint density at radius 3 is 2.96 bits per heavy atom. The Balaban J connectivity index is 1.40. The van der Waals surface area contributed by atoms with Crippen LogP contribution in [0.3, 0.4) is 0 Å². The van der Waals surface area contributed by atoms with Crippen molar-refractivity contribution in [1.29, 1.82) is 0 Å². The van der Waals surface area contributed by atoms with Gasteiger partial charge >= 0.3 is 6.09 Å². The van der Waals surface area contributed by atoms with Gasteiger partial charge in [-0.3, -0.25) is 0 Å². The van der Waals surface area contributed by atoms with Gasteiger partial charge in [-0.1, -0.05) is 36.4 Å². The van der Waals surface area contributed by atoms with Crippen LogP contribution in [0.4, 0.5) is 4.79 Å². The first-order chi connectivity index (χ1) is 11.8. The van der Waals surface area contributed by atoms with Gasteiger partial charge in [0.2, 0.25) is 0 Å². The fraction of sp³-hybridized carbons (Fsp3) is 0.389. The molecule has 3 rings (SSSR count). The number of hydrogen-bond donors (Lipinski definition) is 1. The zero-order valence-corrected chi connectivity index (χ0v) is 14.3. The second-order valence-electron chi connectivity index (χ2n) is 5.69. The van der Waals surface area contributed by atoms with Crippen LogP contribution in [0.1, 0.15) is 10.4 Å². The number of rotatable bonds is 6. The molecule has 0 saturated carbocycles. The van der Waals surface area contributed by atoms with E-state index in [1.54, 1.807) is 16.2 Å². The molecule has 1 amide bonds. The van der Waals surface area contributed by atoms with Crippen molar-refractivity contribution in [3.05, 3.63) is 58.3 Å². The van der Waals surface area contributed by atoms with Crippen LogP contribution in [-0.4, -0.2) is 43.3 Å². The predicted molar refractivity (Wildman–Crippen MR) is 94.0 cm³/mol. The van der Waals surface area contributed by atoms with E-state index in [0.29, 0.717) is 26.3 Å². The summed E-state index contributed by atoms with van der Waals surface area (Å²) < 4.78 is 11.1. The third kappa shape index (κ3) is 5.06. The van der Waals surface area contributed by atoms with Crippen molar-refractivity contribution in [3.8, 4) is 0 Å². The topological polar surface area (TPSA) is 50.8 Å². The second-order valence-corrected chi connectivity index (χ2v) is 6.72. The molecule has 6 heteroatoms. The first-order valence-electron chi connectivity index (χ1n) is 8.11. The van der Waals surface area contributed by atoms with Crippen molar-refractivity contribution in [3.63, 3.8) is 0 Å². The molecule has 0 aliphatic carbocycles.